The van der Waals surface area contributed by atoms with E-state index in [1.165, 1.54) is 5.56 Å². The number of carbonyl (C=O) groups is 2. The second-order valence-corrected chi connectivity index (χ2v) is 12.4. The summed E-state index contributed by atoms with van der Waals surface area (Å²) >= 11 is 0. The van der Waals surface area contributed by atoms with Crippen LogP contribution in [-0.2, 0) is 21.6 Å². The molecule has 3 fully saturated rings. The normalized spacial score (nSPS) is 21.3. The predicted octanol–water partition coefficient (Wildman–Crippen LogP) is 5.31. The molecule has 43 heavy (non-hydrogen) atoms. The molecule has 3 heterocycles. The molecule has 3 aliphatic heterocycles. The fourth-order valence-electron chi connectivity index (χ4n) is 6.82. The molecule has 0 spiro atoms. The van der Waals surface area contributed by atoms with E-state index in [0.29, 0.717) is 24.2 Å². The number of piperidine rings is 3. The lowest BCUT2D eigenvalue weighted by molar-refractivity contribution is -0.946. The van der Waals surface area contributed by atoms with Crippen LogP contribution in [0.15, 0.2) is 78.9 Å². The van der Waals surface area contributed by atoms with Crippen molar-refractivity contribution >= 4 is 17.7 Å². The Hall–Kier alpha value is -3.68. The number of fused-ring (bicyclic) bond motifs is 3. The first kappa shape index (κ1) is 30.8. The summed E-state index contributed by atoms with van der Waals surface area (Å²) < 4.78 is 6.99. The van der Waals surface area contributed by atoms with E-state index < -0.39 is 11.6 Å². The largest absolute Gasteiger partial charge is 0.834 e. The second kappa shape index (κ2) is 13.7. The van der Waals surface area contributed by atoms with Gasteiger partial charge in [0.1, 0.15) is 6.54 Å². The van der Waals surface area contributed by atoms with Crippen LogP contribution in [0.4, 0.5) is 10.5 Å². The lowest BCUT2D eigenvalue weighted by atomic mass is 9.82. The monoisotopic (exact) mass is 583 g/mol. The van der Waals surface area contributed by atoms with Crippen LogP contribution in [0.1, 0.15) is 61.3 Å². The summed E-state index contributed by atoms with van der Waals surface area (Å²) in [5, 5.41) is 20.3. The second-order valence-electron chi connectivity index (χ2n) is 12.4. The van der Waals surface area contributed by atoms with Gasteiger partial charge in [0.2, 0.25) is 0 Å². The highest BCUT2D eigenvalue weighted by atomic mass is 16.6. The number of rotatable bonds is 12. The van der Waals surface area contributed by atoms with Crippen molar-refractivity contribution in [1.82, 2.24) is 5.32 Å². The van der Waals surface area contributed by atoms with Crippen LogP contribution in [0.5, 0.6) is 0 Å². The number of esters is 1. The zero-order valence-corrected chi connectivity index (χ0v) is 25.5. The number of anilines is 1. The van der Waals surface area contributed by atoms with Crippen molar-refractivity contribution in [3.63, 3.8) is 0 Å². The number of hydrogen-bond donors (Lipinski definition) is 2. The number of aryl methyl sites for hydroxylation is 2. The van der Waals surface area contributed by atoms with Crippen LogP contribution in [-0.4, -0.2) is 55.3 Å². The molecule has 6 rings (SSSR count). The molecule has 0 radical (unpaired) electrons. The topological polar surface area (TPSA) is 90.5 Å². The summed E-state index contributed by atoms with van der Waals surface area (Å²) in [5.41, 5.74) is 1.87. The van der Waals surface area contributed by atoms with Crippen LogP contribution in [0.25, 0.3) is 0 Å². The zero-order chi connectivity index (χ0) is 30.3. The maximum Gasteiger partial charge on any atom is 0.319 e. The first-order chi connectivity index (χ1) is 20.8. The van der Waals surface area contributed by atoms with Crippen molar-refractivity contribution in [3.8, 4) is 0 Å². The molecule has 2 N–H and O–H groups in total. The standard InChI is InChI=1S/C36H45N3O4/c1-3-4-12-28-17-18-32(27(2)25-28)38-35(41)37-21-11-22-39-23-19-29(20-24-39)33(26-39)43-34(40)36(42,30-13-7-5-8-14-30)31-15-9-6-10-16-31/h5-10,13-18,25,29,33H,3-4,11-12,19-24,26H2,1-2H3,(H2,37,38,41). The Kier molecular flexibility index (Phi) is 9.83. The number of hydrogen-bond acceptors (Lipinski definition) is 4. The van der Waals surface area contributed by atoms with Gasteiger partial charge in [-0.2, -0.15) is 0 Å². The van der Waals surface area contributed by atoms with Crippen LogP contribution < -0.4 is 15.7 Å². The third-order valence-electron chi connectivity index (χ3n) is 9.40. The van der Waals surface area contributed by atoms with Gasteiger partial charge in [-0.05, 0) is 48.1 Å². The Morgan fingerprint density at radius 3 is 2.21 bits per heavy atom. The van der Waals surface area contributed by atoms with Crippen molar-refractivity contribution < 1.29 is 23.9 Å². The highest BCUT2D eigenvalue weighted by Crippen LogP contribution is 2.37. The highest BCUT2D eigenvalue weighted by molar-refractivity contribution is 5.90. The molecule has 7 heteroatoms. The maximum atomic E-state index is 14.3. The zero-order valence-electron chi connectivity index (χ0n) is 25.5. The van der Waals surface area contributed by atoms with Crippen LogP contribution in [0, 0.1) is 12.8 Å². The third kappa shape index (κ3) is 7.11. The molecule has 0 aliphatic carbocycles. The number of ether oxygens (including phenoxy) is 1. The maximum absolute atomic E-state index is 14.3. The van der Waals surface area contributed by atoms with Crippen molar-refractivity contribution in [3.05, 3.63) is 101 Å². The molecular formula is C36H45N3O4. The summed E-state index contributed by atoms with van der Waals surface area (Å²) in [5.74, 6) is -0.450. The van der Waals surface area contributed by atoms with E-state index in [-0.39, 0.29) is 18.1 Å². The summed E-state index contributed by atoms with van der Waals surface area (Å²) in [4.78, 5) is 26.3. The first-order valence-corrected chi connectivity index (χ1v) is 15.8. The number of benzene rings is 3. The fraction of sp³-hybridized carbons (Fsp3) is 0.444. The molecule has 3 aliphatic rings. The van der Waals surface area contributed by atoms with Gasteiger partial charge in [-0.1, -0.05) is 86.1 Å². The average Bonchev–Trinajstić information content (AvgIpc) is 3.04. The SMILES string of the molecule is CCCCc1ccc(NC(=O)NCCC[N+]23CCC(CC2)C(OC(=O)C([O-])(c2ccccc2)c2ccccc2)C3)c(C)c1. The molecule has 1 unspecified atom stereocenters. The Morgan fingerprint density at radius 2 is 1.60 bits per heavy atom. The van der Waals surface area contributed by atoms with Crippen LogP contribution in [0.3, 0.4) is 0 Å². The van der Waals surface area contributed by atoms with E-state index in [4.69, 9.17) is 4.74 Å². The van der Waals surface area contributed by atoms with E-state index in [9.17, 15) is 14.7 Å². The summed E-state index contributed by atoms with van der Waals surface area (Å²) in [6.45, 7) is 8.47. The number of nitrogens with one attached hydrogen (secondary N) is 2. The van der Waals surface area contributed by atoms with Gasteiger partial charge in [-0.3, -0.25) is 4.79 Å². The van der Waals surface area contributed by atoms with Crippen LogP contribution >= 0.6 is 0 Å². The Morgan fingerprint density at radius 1 is 0.953 bits per heavy atom. The Balaban J connectivity index is 1.15. The molecule has 228 valence electrons. The van der Waals surface area contributed by atoms with Gasteiger partial charge in [0.25, 0.3) is 0 Å². The minimum atomic E-state index is -2.12. The van der Waals surface area contributed by atoms with Gasteiger partial charge in [-0.15, -0.1) is 0 Å². The molecule has 0 saturated carbocycles. The highest BCUT2D eigenvalue weighted by Gasteiger charge is 2.48. The van der Waals surface area contributed by atoms with Crippen LogP contribution in [0.2, 0.25) is 0 Å². The minimum absolute atomic E-state index is 0.192. The van der Waals surface area contributed by atoms with Gasteiger partial charge >= 0.3 is 12.0 Å². The third-order valence-corrected chi connectivity index (χ3v) is 9.40. The van der Waals surface area contributed by atoms with E-state index in [1.54, 1.807) is 48.5 Å². The summed E-state index contributed by atoms with van der Waals surface area (Å²) in [7, 11) is 0. The molecular weight excluding hydrogens is 538 g/mol. The van der Waals surface area contributed by atoms with E-state index in [2.05, 4.69) is 29.7 Å². The summed E-state index contributed by atoms with van der Waals surface area (Å²) in [6.07, 6.45) is 5.88. The molecule has 1 atom stereocenters. The Labute approximate surface area is 255 Å². The van der Waals surface area contributed by atoms with Gasteiger partial charge in [0, 0.05) is 43.0 Å². The van der Waals surface area contributed by atoms with E-state index in [1.807, 2.05) is 25.1 Å². The molecule has 3 saturated heterocycles. The molecule has 2 amide bonds. The average molecular weight is 584 g/mol. The van der Waals surface area contributed by atoms with Crippen molar-refractivity contribution in [1.29, 1.82) is 0 Å². The molecule has 7 nitrogen and oxygen atoms in total. The molecule has 3 aromatic rings. The smallest absolute Gasteiger partial charge is 0.319 e. The van der Waals surface area contributed by atoms with E-state index in [0.717, 1.165) is 73.9 Å². The quantitative estimate of drug-likeness (QED) is 0.172. The predicted molar refractivity (Wildman–Crippen MR) is 167 cm³/mol. The summed E-state index contributed by atoms with van der Waals surface area (Å²) in [6, 6.07) is 23.7. The lowest BCUT2D eigenvalue weighted by Gasteiger charge is -2.53. The number of quaternary nitrogens is 1. The number of nitrogens with zero attached hydrogens (tertiary/aromatic N) is 1. The van der Waals surface area contributed by atoms with Crippen molar-refractivity contribution in [2.75, 3.05) is 38.0 Å². The van der Waals surface area contributed by atoms with Gasteiger partial charge in [0.05, 0.1) is 19.6 Å². The lowest BCUT2D eigenvalue weighted by Crippen LogP contribution is -2.65. The number of urea groups is 1. The first-order valence-electron chi connectivity index (χ1n) is 15.8. The van der Waals surface area contributed by atoms with Crippen molar-refractivity contribution in [2.24, 2.45) is 5.92 Å². The molecule has 0 aromatic heterocycles. The number of amides is 2. The molecule has 3 aromatic carbocycles. The molecule has 2 bridgehead atoms. The van der Waals surface area contributed by atoms with Gasteiger partial charge in [-0.25, -0.2) is 4.79 Å². The van der Waals surface area contributed by atoms with Gasteiger partial charge < -0.3 is 25.0 Å². The fourth-order valence-corrected chi connectivity index (χ4v) is 6.82. The minimum Gasteiger partial charge on any atom is -0.834 e. The number of unbranched alkanes of at least 4 members (excludes halogenated alkanes) is 1. The Bertz CT molecular complexity index is 1330. The van der Waals surface area contributed by atoms with Gasteiger partial charge in [0.15, 0.2) is 6.10 Å². The van der Waals surface area contributed by atoms with Crippen molar-refractivity contribution in [2.45, 2.75) is 64.1 Å². The number of carbonyl (C=O) groups excluding carboxylic acids is 2. The van der Waals surface area contributed by atoms with E-state index >= 15 is 0 Å².